The molecule has 112 valence electrons. The predicted octanol–water partition coefficient (Wildman–Crippen LogP) is 1.00. The Balaban J connectivity index is 1.60. The fourth-order valence-electron chi connectivity index (χ4n) is 2.91. The van der Waals surface area contributed by atoms with Crippen molar-refractivity contribution in [3.8, 4) is 0 Å². The second-order valence-corrected chi connectivity index (χ2v) is 6.06. The van der Waals surface area contributed by atoms with Crippen LogP contribution in [0.3, 0.4) is 0 Å². The van der Waals surface area contributed by atoms with Crippen LogP contribution in [-0.4, -0.2) is 53.9 Å². The maximum absolute atomic E-state index is 5.79. The van der Waals surface area contributed by atoms with Crippen molar-refractivity contribution in [1.82, 2.24) is 20.4 Å². The van der Waals surface area contributed by atoms with Gasteiger partial charge in [-0.25, -0.2) is 0 Å². The molecular weight excluding hydrogens is 256 g/mol. The average molecular weight is 280 g/mol. The lowest BCUT2D eigenvalue weighted by Gasteiger charge is -2.34. The molecule has 1 aromatic heterocycles. The largest absolute Gasteiger partial charge is 0.367 e. The molecule has 2 atom stereocenters. The van der Waals surface area contributed by atoms with Crippen molar-refractivity contribution in [3.63, 3.8) is 0 Å². The standard InChI is InChI=1S/C14H24N4O2/c1-10(2)18-5-6-19-12(9-18)14-16-13(20-17-14)7-11-3-4-15-8-11/h10-12,15H,3-9H2,1-2H3. The van der Waals surface area contributed by atoms with Gasteiger partial charge in [-0.15, -0.1) is 0 Å². The van der Waals surface area contributed by atoms with E-state index < -0.39 is 0 Å². The molecule has 0 amide bonds. The molecule has 20 heavy (non-hydrogen) atoms. The second-order valence-electron chi connectivity index (χ2n) is 6.06. The Kier molecular flexibility index (Phi) is 4.33. The van der Waals surface area contributed by atoms with Crippen molar-refractivity contribution in [1.29, 1.82) is 0 Å². The van der Waals surface area contributed by atoms with Crippen molar-refractivity contribution in [2.45, 2.75) is 38.8 Å². The minimum atomic E-state index is -0.0506. The molecule has 1 aromatic rings. The Bertz CT molecular complexity index is 429. The quantitative estimate of drug-likeness (QED) is 0.888. The molecule has 1 N–H and O–H groups in total. The van der Waals surface area contributed by atoms with Gasteiger partial charge in [0.2, 0.25) is 11.7 Å². The van der Waals surface area contributed by atoms with Crippen LogP contribution in [0.25, 0.3) is 0 Å². The van der Waals surface area contributed by atoms with Crippen LogP contribution in [0.1, 0.15) is 38.1 Å². The van der Waals surface area contributed by atoms with Crippen molar-refractivity contribution in [2.75, 3.05) is 32.8 Å². The first kappa shape index (κ1) is 14.0. The van der Waals surface area contributed by atoms with Crippen LogP contribution < -0.4 is 5.32 Å². The fraction of sp³-hybridized carbons (Fsp3) is 0.857. The molecular formula is C14H24N4O2. The van der Waals surface area contributed by atoms with Crippen molar-refractivity contribution >= 4 is 0 Å². The summed E-state index contributed by atoms with van der Waals surface area (Å²) in [6, 6.07) is 0.525. The first-order valence-electron chi connectivity index (χ1n) is 7.61. The first-order chi connectivity index (χ1) is 9.72. The smallest absolute Gasteiger partial charge is 0.227 e. The zero-order valence-electron chi connectivity index (χ0n) is 12.3. The Labute approximate surface area is 119 Å². The summed E-state index contributed by atoms with van der Waals surface area (Å²) < 4.78 is 11.2. The van der Waals surface area contributed by atoms with Gasteiger partial charge in [0, 0.05) is 25.6 Å². The number of hydrogen-bond donors (Lipinski definition) is 1. The fourth-order valence-corrected chi connectivity index (χ4v) is 2.91. The Morgan fingerprint density at radius 2 is 2.35 bits per heavy atom. The first-order valence-corrected chi connectivity index (χ1v) is 7.61. The van der Waals surface area contributed by atoms with E-state index in [1.54, 1.807) is 0 Å². The molecule has 0 aromatic carbocycles. The third kappa shape index (κ3) is 3.19. The zero-order valence-corrected chi connectivity index (χ0v) is 12.3. The highest BCUT2D eigenvalue weighted by molar-refractivity contribution is 4.96. The SMILES string of the molecule is CC(C)N1CCOC(c2noc(CC3CCNC3)n2)C1. The topological polar surface area (TPSA) is 63.4 Å². The van der Waals surface area contributed by atoms with E-state index in [2.05, 4.69) is 34.2 Å². The van der Waals surface area contributed by atoms with Gasteiger partial charge in [-0.1, -0.05) is 5.16 Å². The van der Waals surface area contributed by atoms with Gasteiger partial charge in [0.1, 0.15) is 6.10 Å². The van der Waals surface area contributed by atoms with Crippen LogP contribution >= 0.6 is 0 Å². The molecule has 0 radical (unpaired) electrons. The van der Waals surface area contributed by atoms with Gasteiger partial charge >= 0.3 is 0 Å². The lowest BCUT2D eigenvalue weighted by Crippen LogP contribution is -2.42. The Morgan fingerprint density at radius 1 is 1.45 bits per heavy atom. The Morgan fingerprint density at radius 3 is 3.10 bits per heavy atom. The molecule has 2 aliphatic rings. The van der Waals surface area contributed by atoms with Crippen LogP contribution in [0.4, 0.5) is 0 Å². The molecule has 0 bridgehead atoms. The number of nitrogens with one attached hydrogen (secondary N) is 1. The number of rotatable bonds is 4. The lowest BCUT2D eigenvalue weighted by atomic mass is 10.1. The van der Waals surface area contributed by atoms with Gasteiger partial charge in [0.05, 0.1) is 6.61 Å². The highest BCUT2D eigenvalue weighted by Gasteiger charge is 2.28. The summed E-state index contributed by atoms with van der Waals surface area (Å²) in [5.41, 5.74) is 0. The maximum atomic E-state index is 5.79. The third-order valence-electron chi connectivity index (χ3n) is 4.23. The minimum Gasteiger partial charge on any atom is -0.367 e. The summed E-state index contributed by atoms with van der Waals surface area (Å²) in [6.07, 6.45) is 2.02. The third-order valence-corrected chi connectivity index (χ3v) is 4.23. The lowest BCUT2D eigenvalue weighted by molar-refractivity contribution is -0.0450. The van der Waals surface area contributed by atoms with E-state index in [0.29, 0.717) is 17.8 Å². The van der Waals surface area contributed by atoms with Crippen molar-refractivity contribution in [2.24, 2.45) is 5.92 Å². The van der Waals surface area contributed by atoms with Gasteiger partial charge in [0.25, 0.3) is 0 Å². The molecule has 3 heterocycles. The maximum Gasteiger partial charge on any atom is 0.227 e. The summed E-state index contributed by atoms with van der Waals surface area (Å²) in [7, 11) is 0. The van der Waals surface area contributed by atoms with Gasteiger partial charge in [-0.3, -0.25) is 4.90 Å². The molecule has 0 spiro atoms. The highest BCUT2D eigenvalue weighted by atomic mass is 16.5. The van der Waals surface area contributed by atoms with Crippen molar-refractivity contribution in [3.05, 3.63) is 11.7 Å². The number of hydrogen-bond acceptors (Lipinski definition) is 6. The normalized spacial score (nSPS) is 28.4. The summed E-state index contributed by atoms with van der Waals surface area (Å²) in [6.45, 7) is 9.13. The average Bonchev–Trinajstić information content (AvgIpc) is 3.11. The summed E-state index contributed by atoms with van der Waals surface area (Å²) in [4.78, 5) is 6.93. The highest BCUT2D eigenvalue weighted by Crippen LogP contribution is 2.22. The second kappa shape index (κ2) is 6.20. The monoisotopic (exact) mass is 280 g/mol. The van der Waals surface area contributed by atoms with Crippen LogP contribution in [0.2, 0.25) is 0 Å². The summed E-state index contributed by atoms with van der Waals surface area (Å²) in [5, 5.41) is 7.48. The Hall–Kier alpha value is -0.980. The molecule has 0 aliphatic carbocycles. The van der Waals surface area contributed by atoms with Gasteiger partial charge < -0.3 is 14.6 Å². The molecule has 3 rings (SSSR count). The molecule has 2 aliphatic heterocycles. The van der Waals surface area contributed by atoms with E-state index in [1.807, 2.05) is 0 Å². The molecule has 6 nitrogen and oxygen atoms in total. The van der Waals surface area contributed by atoms with Crippen molar-refractivity contribution < 1.29 is 9.26 Å². The molecule has 6 heteroatoms. The molecule has 2 saturated heterocycles. The van der Waals surface area contributed by atoms with Gasteiger partial charge in [0.15, 0.2) is 0 Å². The van der Waals surface area contributed by atoms with Crippen LogP contribution in [0.5, 0.6) is 0 Å². The van der Waals surface area contributed by atoms with Gasteiger partial charge in [-0.05, 0) is 39.3 Å². The molecule has 0 saturated carbocycles. The van der Waals surface area contributed by atoms with Crippen LogP contribution in [0, 0.1) is 5.92 Å². The number of morpholine rings is 1. The van der Waals surface area contributed by atoms with E-state index in [-0.39, 0.29) is 6.10 Å². The van der Waals surface area contributed by atoms with E-state index in [9.17, 15) is 0 Å². The molecule has 2 unspecified atom stereocenters. The number of ether oxygens (including phenoxy) is 1. The zero-order chi connectivity index (χ0) is 13.9. The minimum absolute atomic E-state index is 0.0506. The number of aromatic nitrogens is 2. The van der Waals surface area contributed by atoms with Crippen LogP contribution in [-0.2, 0) is 11.2 Å². The predicted molar refractivity (Wildman–Crippen MR) is 74.4 cm³/mol. The van der Waals surface area contributed by atoms with Gasteiger partial charge in [-0.2, -0.15) is 4.98 Å². The van der Waals surface area contributed by atoms with E-state index >= 15 is 0 Å². The van der Waals surface area contributed by atoms with E-state index in [1.165, 1.54) is 6.42 Å². The summed E-state index contributed by atoms with van der Waals surface area (Å²) >= 11 is 0. The summed E-state index contributed by atoms with van der Waals surface area (Å²) in [5.74, 6) is 2.08. The number of nitrogens with zero attached hydrogens (tertiary/aromatic N) is 3. The van der Waals surface area contributed by atoms with E-state index in [4.69, 9.17) is 9.26 Å². The van der Waals surface area contributed by atoms with Crippen LogP contribution in [0.15, 0.2) is 4.52 Å². The van der Waals surface area contributed by atoms with E-state index in [0.717, 1.165) is 45.1 Å². The molecule has 2 fully saturated rings.